The Labute approximate surface area is 85.3 Å². The van der Waals surface area contributed by atoms with Crippen LogP contribution < -0.4 is 0 Å². The van der Waals surface area contributed by atoms with E-state index in [2.05, 4.69) is 6.92 Å². The van der Waals surface area contributed by atoms with E-state index in [1.807, 2.05) is 6.08 Å². The van der Waals surface area contributed by atoms with Gasteiger partial charge in [-0.2, -0.15) is 0 Å². The summed E-state index contributed by atoms with van der Waals surface area (Å²) < 4.78 is 0. The fraction of sp³-hybridized carbons (Fsp3) is 0.583. The fourth-order valence-electron chi connectivity index (χ4n) is 1.66. The number of rotatable bonds is 5. The van der Waals surface area contributed by atoms with Gasteiger partial charge in [0, 0.05) is 5.92 Å². The number of hydrogen-bond acceptors (Lipinski definition) is 2. The van der Waals surface area contributed by atoms with Crippen molar-refractivity contribution in [3.8, 4) is 0 Å². The third-order valence-electron chi connectivity index (χ3n) is 2.56. The molecule has 14 heavy (non-hydrogen) atoms. The second kappa shape index (κ2) is 5.63. The maximum absolute atomic E-state index is 11.4. The molecule has 0 aromatic heterocycles. The van der Waals surface area contributed by atoms with Crippen LogP contribution in [0.4, 0.5) is 0 Å². The Morgan fingerprint density at radius 1 is 1.36 bits per heavy atom. The van der Waals surface area contributed by atoms with E-state index in [9.17, 15) is 9.90 Å². The number of aliphatic hydroxyl groups is 1. The summed E-state index contributed by atoms with van der Waals surface area (Å²) in [5.74, 6) is -0.297. The highest BCUT2D eigenvalue weighted by atomic mass is 16.3. The summed E-state index contributed by atoms with van der Waals surface area (Å²) in [4.78, 5) is 11.4. The van der Waals surface area contributed by atoms with Gasteiger partial charge in [-0.15, -0.1) is 0 Å². The first-order chi connectivity index (χ1) is 6.75. The molecule has 0 aromatic carbocycles. The monoisotopic (exact) mass is 194 g/mol. The summed E-state index contributed by atoms with van der Waals surface area (Å²) in [6.07, 6.45) is 10.7. The van der Waals surface area contributed by atoms with Gasteiger partial charge >= 0.3 is 0 Å². The summed E-state index contributed by atoms with van der Waals surface area (Å²) in [5, 5.41) is 9.21. The molecule has 0 fully saturated rings. The molecule has 0 radical (unpaired) electrons. The quantitative estimate of drug-likeness (QED) is 0.682. The van der Waals surface area contributed by atoms with E-state index in [1.54, 1.807) is 6.08 Å². The molecule has 1 rings (SSSR count). The fourth-order valence-corrected chi connectivity index (χ4v) is 1.66. The number of allylic oxidation sites excluding steroid dienone is 4. The predicted octanol–water partition coefficient (Wildman–Crippen LogP) is 3.15. The van der Waals surface area contributed by atoms with Gasteiger partial charge < -0.3 is 5.11 Å². The van der Waals surface area contributed by atoms with Gasteiger partial charge in [0.1, 0.15) is 0 Å². The van der Waals surface area contributed by atoms with Crippen LogP contribution in [0.2, 0.25) is 0 Å². The minimum Gasteiger partial charge on any atom is -0.504 e. The van der Waals surface area contributed by atoms with Crippen LogP contribution in [0, 0.1) is 5.92 Å². The lowest BCUT2D eigenvalue weighted by Crippen LogP contribution is -2.16. The zero-order valence-corrected chi connectivity index (χ0v) is 8.70. The van der Waals surface area contributed by atoms with Crippen LogP contribution in [0.15, 0.2) is 24.0 Å². The van der Waals surface area contributed by atoms with Crippen LogP contribution in [0.5, 0.6) is 0 Å². The van der Waals surface area contributed by atoms with Gasteiger partial charge in [-0.05, 0) is 12.5 Å². The Morgan fingerprint density at radius 2 is 2.14 bits per heavy atom. The zero-order chi connectivity index (χ0) is 10.4. The smallest absolute Gasteiger partial charge is 0.203 e. The molecule has 0 aromatic rings. The maximum Gasteiger partial charge on any atom is 0.203 e. The lowest BCUT2D eigenvalue weighted by molar-refractivity contribution is -0.120. The number of hydrogen-bond donors (Lipinski definition) is 1. The number of ketones is 1. The highest BCUT2D eigenvalue weighted by molar-refractivity contribution is 5.97. The van der Waals surface area contributed by atoms with Crippen LogP contribution >= 0.6 is 0 Å². The van der Waals surface area contributed by atoms with Gasteiger partial charge in [-0.25, -0.2) is 0 Å². The van der Waals surface area contributed by atoms with E-state index in [4.69, 9.17) is 0 Å². The molecule has 0 spiro atoms. The summed E-state index contributed by atoms with van der Waals surface area (Å²) in [7, 11) is 0. The van der Waals surface area contributed by atoms with Crippen molar-refractivity contribution in [3.05, 3.63) is 24.0 Å². The largest absolute Gasteiger partial charge is 0.504 e. The molecule has 0 saturated carbocycles. The minimum absolute atomic E-state index is 0.0862. The van der Waals surface area contributed by atoms with Crippen LogP contribution in [0.1, 0.15) is 39.0 Å². The SMILES string of the molecule is CCCCCCC1C=CC=C(O)C1=O. The molecule has 0 aliphatic heterocycles. The molecule has 2 heteroatoms. The predicted molar refractivity (Wildman–Crippen MR) is 57.1 cm³/mol. The van der Waals surface area contributed by atoms with E-state index < -0.39 is 0 Å². The highest BCUT2D eigenvalue weighted by Gasteiger charge is 2.20. The van der Waals surface area contributed by atoms with Crippen molar-refractivity contribution in [2.45, 2.75) is 39.0 Å². The van der Waals surface area contributed by atoms with Gasteiger partial charge in [0.25, 0.3) is 0 Å². The standard InChI is InChI=1S/C12H18O2/c1-2-3-4-5-7-10-8-6-9-11(13)12(10)14/h6,8-10,13H,2-5,7H2,1H3. The Morgan fingerprint density at radius 3 is 2.86 bits per heavy atom. The van der Waals surface area contributed by atoms with Crippen molar-refractivity contribution in [2.75, 3.05) is 0 Å². The van der Waals surface area contributed by atoms with Crippen molar-refractivity contribution in [1.82, 2.24) is 0 Å². The number of Topliss-reactive ketones (excluding diaryl/α,β-unsaturated/α-hetero) is 1. The minimum atomic E-state index is -0.121. The van der Waals surface area contributed by atoms with Gasteiger partial charge in [0.15, 0.2) is 5.76 Å². The molecule has 1 N–H and O–H groups in total. The summed E-state index contributed by atoms with van der Waals surface area (Å²) in [6.45, 7) is 2.17. The second-order valence-corrected chi connectivity index (χ2v) is 3.76. The number of unbranched alkanes of at least 4 members (excludes halogenated alkanes) is 3. The van der Waals surface area contributed by atoms with Crippen LogP contribution in [0.3, 0.4) is 0 Å². The first-order valence-electron chi connectivity index (χ1n) is 5.37. The molecule has 78 valence electrons. The summed E-state index contributed by atoms with van der Waals surface area (Å²) in [5.41, 5.74) is 0. The molecule has 1 aliphatic rings. The molecule has 1 atom stereocenters. The third kappa shape index (κ3) is 3.02. The maximum atomic E-state index is 11.4. The molecule has 0 amide bonds. The van der Waals surface area contributed by atoms with Crippen molar-refractivity contribution in [1.29, 1.82) is 0 Å². The molecule has 0 bridgehead atoms. The summed E-state index contributed by atoms with van der Waals surface area (Å²) in [6, 6.07) is 0. The molecule has 0 heterocycles. The summed E-state index contributed by atoms with van der Waals surface area (Å²) >= 11 is 0. The van der Waals surface area contributed by atoms with Crippen LogP contribution in [-0.2, 0) is 4.79 Å². The first kappa shape index (κ1) is 11.0. The van der Waals surface area contributed by atoms with Crippen molar-refractivity contribution >= 4 is 5.78 Å². The Bertz CT molecular complexity index is 251. The number of aliphatic hydroxyl groups excluding tert-OH is 1. The molecule has 2 nitrogen and oxygen atoms in total. The Balaban J connectivity index is 2.29. The Kier molecular flexibility index (Phi) is 4.44. The van der Waals surface area contributed by atoms with Crippen LogP contribution in [0.25, 0.3) is 0 Å². The van der Waals surface area contributed by atoms with Gasteiger partial charge in [-0.3, -0.25) is 4.79 Å². The number of carbonyl (C=O) groups is 1. The normalized spacial score (nSPS) is 21.1. The average Bonchev–Trinajstić information content (AvgIpc) is 2.19. The molecule has 1 unspecified atom stereocenters. The molecular weight excluding hydrogens is 176 g/mol. The van der Waals surface area contributed by atoms with Crippen LogP contribution in [-0.4, -0.2) is 10.9 Å². The van der Waals surface area contributed by atoms with Crippen molar-refractivity contribution < 1.29 is 9.90 Å². The van der Waals surface area contributed by atoms with E-state index in [-0.39, 0.29) is 17.5 Å². The first-order valence-corrected chi connectivity index (χ1v) is 5.37. The number of carbonyl (C=O) groups excluding carboxylic acids is 1. The molecule has 0 saturated heterocycles. The van der Waals surface area contributed by atoms with Crippen molar-refractivity contribution in [2.24, 2.45) is 5.92 Å². The lowest BCUT2D eigenvalue weighted by Gasteiger charge is -2.13. The molecule has 1 aliphatic carbocycles. The topological polar surface area (TPSA) is 37.3 Å². The third-order valence-corrected chi connectivity index (χ3v) is 2.56. The van der Waals surface area contributed by atoms with E-state index in [0.29, 0.717) is 0 Å². The highest BCUT2D eigenvalue weighted by Crippen LogP contribution is 2.19. The van der Waals surface area contributed by atoms with Gasteiger partial charge in [0.2, 0.25) is 5.78 Å². The van der Waals surface area contributed by atoms with Gasteiger partial charge in [0.05, 0.1) is 0 Å². The van der Waals surface area contributed by atoms with E-state index >= 15 is 0 Å². The average molecular weight is 194 g/mol. The van der Waals surface area contributed by atoms with E-state index in [0.717, 1.165) is 12.8 Å². The zero-order valence-electron chi connectivity index (χ0n) is 8.70. The van der Waals surface area contributed by atoms with E-state index in [1.165, 1.54) is 25.3 Å². The van der Waals surface area contributed by atoms with Crippen molar-refractivity contribution in [3.63, 3.8) is 0 Å². The lowest BCUT2D eigenvalue weighted by atomic mass is 9.92. The molecular formula is C12H18O2. The Hall–Kier alpha value is -1.05. The second-order valence-electron chi connectivity index (χ2n) is 3.76. The van der Waals surface area contributed by atoms with Gasteiger partial charge in [-0.1, -0.05) is 44.8 Å².